The first-order valence-electron chi connectivity index (χ1n) is 8.93. The van der Waals surface area contributed by atoms with Crippen molar-refractivity contribution in [1.29, 1.82) is 0 Å². The molecule has 3 aromatic rings. The van der Waals surface area contributed by atoms with Crippen molar-refractivity contribution in [3.8, 4) is 0 Å². The number of sulfonamides is 1. The van der Waals surface area contributed by atoms with E-state index < -0.39 is 16.2 Å². The van der Waals surface area contributed by atoms with Crippen LogP contribution < -0.4 is 15.4 Å². The van der Waals surface area contributed by atoms with Crippen LogP contribution >= 0.6 is 11.6 Å². The summed E-state index contributed by atoms with van der Waals surface area (Å²) in [6.07, 6.45) is -0.616. The van der Waals surface area contributed by atoms with E-state index in [1.54, 1.807) is 54.6 Å². The number of hydrogen-bond acceptors (Lipinski definition) is 4. The third kappa shape index (κ3) is 4.12. The van der Waals surface area contributed by atoms with E-state index in [1.807, 2.05) is 18.2 Å². The minimum Gasteiger partial charge on any atom is -0.364 e. The Labute approximate surface area is 174 Å². The molecule has 29 heavy (non-hydrogen) atoms. The number of benzene rings is 3. The Hall–Kier alpha value is -2.87. The summed E-state index contributed by atoms with van der Waals surface area (Å²) in [5.74, 6) is -0.237. The van der Waals surface area contributed by atoms with Gasteiger partial charge in [-0.1, -0.05) is 54.1 Å². The smallest absolute Gasteiger partial charge is 0.251 e. The molecule has 1 heterocycles. The average molecular weight is 428 g/mol. The molecule has 1 aliphatic rings. The first-order valence-corrected chi connectivity index (χ1v) is 10.8. The van der Waals surface area contributed by atoms with E-state index in [1.165, 1.54) is 0 Å². The van der Waals surface area contributed by atoms with E-state index in [2.05, 4.69) is 15.4 Å². The third-order valence-corrected chi connectivity index (χ3v) is 6.50. The lowest BCUT2D eigenvalue weighted by atomic mass is 10.1. The van der Waals surface area contributed by atoms with Gasteiger partial charge in [0.1, 0.15) is 11.1 Å². The molecule has 1 amide bonds. The Morgan fingerprint density at radius 3 is 2.41 bits per heavy atom. The van der Waals surface area contributed by atoms with Crippen molar-refractivity contribution in [3.05, 3.63) is 94.5 Å². The van der Waals surface area contributed by atoms with Crippen molar-refractivity contribution in [2.45, 2.75) is 17.6 Å². The maximum absolute atomic E-state index is 12.5. The molecule has 1 unspecified atom stereocenters. The van der Waals surface area contributed by atoms with Crippen molar-refractivity contribution in [1.82, 2.24) is 10.0 Å². The molecular weight excluding hydrogens is 410 g/mol. The molecule has 148 valence electrons. The van der Waals surface area contributed by atoms with Gasteiger partial charge >= 0.3 is 0 Å². The van der Waals surface area contributed by atoms with Crippen LogP contribution in [-0.4, -0.2) is 14.3 Å². The van der Waals surface area contributed by atoms with E-state index in [0.29, 0.717) is 28.4 Å². The second kappa shape index (κ2) is 7.87. The molecule has 0 saturated heterocycles. The maximum atomic E-state index is 12.5. The maximum Gasteiger partial charge on any atom is 0.251 e. The predicted molar refractivity (Wildman–Crippen MR) is 112 cm³/mol. The van der Waals surface area contributed by atoms with Gasteiger partial charge in [0, 0.05) is 17.1 Å². The van der Waals surface area contributed by atoms with Crippen molar-refractivity contribution in [3.63, 3.8) is 0 Å². The van der Waals surface area contributed by atoms with Crippen molar-refractivity contribution >= 4 is 33.2 Å². The monoisotopic (exact) mass is 427 g/mol. The Kier molecular flexibility index (Phi) is 5.27. The van der Waals surface area contributed by atoms with Gasteiger partial charge in [-0.2, -0.15) is 4.72 Å². The number of para-hydroxylation sites is 1. The van der Waals surface area contributed by atoms with E-state index in [4.69, 9.17) is 11.6 Å². The second-order valence-electron chi connectivity index (χ2n) is 6.59. The van der Waals surface area contributed by atoms with Gasteiger partial charge in [0.05, 0.1) is 5.69 Å². The standard InChI is InChI=1S/C21H18ClN3O3S/c22-17-6-2-1-5-16(17)13-23-21(26)15-11-9-14(10-12-15)20-24-18-7-3-4-8-19(18)29(27,28)25-20/h1-12,20,24-25H,13H2,(H,23,26). The molecule has 0 spiro atoms. The fourth-order valence-electron chi connectivity index (χ4n) is 3.12. The van der Waals surface area contributed by atoms with Gasteiger partial charge < -0.3 is 10.6 Å². The van der Waals surface area contributed by atoms with Crippen LogP contribution in [0.2, 0.25) is 5.02 Å². The summed E-state index contributed by atoms with van der Waals surface area (Å²) < 4.78 is 27.5. The van der Waals surface area contributed by atoms with Crippen LogP contribution in [0.15, 0.2) is 77.7 Å². The summed E-state index contributed by atoms with van der Waals surface area (Å²) in [6.45, 7) is 0.320. The molecule has 1 aliphatic heterocycles. The molecule has 8 heteroatoms. The molecule has 6 nitrogen and oxygen atoms in total. The largest absolute Gasteiger partial charge is 0.364 e. The zero-order valence-electron chi connectivity index (χ0n) is 15.2. The summed E-state index contributed by atoms with van der Waals surface area (Å²) in [7, 11) is -3.61. The highest BCUT2D eigenvalue weighted by molar-refractivity contribution is 7.89. The number of carbonyl (C=O) groups excluding carboxylic acids is 1. The molecule has 4 rings (SSSR count). The van der Waals surface area contributed by atoms with Crippen LogP contribution in [0.25, 0.3) is 0 Å². The first kappa shape index (κ1) is 19.4. The van der Waals surface area contributed by atoms with Gasteiger partial charge in [-0.25, -0.2) is 8.42 Å². The van der Waals surface area contributed by atoms with Crippen LogP contribution in [-0.2, 0) is 16.6 Å². The lowest BCUT2D eigenvalue weighted by molar-refractivity contribution is 0.0951. The summed E-state index contributed by atoms with van der Waals surface area (Å²) in [5.41, 5.74) is 2.54. The zero-order chi connectivity index (χ0) is 20.4. The van der Waals surface area contributed by atoms with E-state index in [-0.39, 0.29) is 10.8 Å². The summed E-state index contributed by atoms with van der Waals surface area (Å²) in [6, 6.07) is 20.8. The highest BCUT2D eigenvalue weighted by atomic mass is 35.5. The topological polar surface area (TPSA) is 87.3 Å². The van der Waals surface area contributed by atoms with Crippen LogP contribution in [0.5, 0.6) is 0 Å². The van der Waals surface area contributed by atoms with Gasteiger partial charge in [0.15, 0.2) is 0 Å². The minimum absolute atomic E-state index is 0.215. The highest BCUT2D eigenvalue weighted by Gasteiger charge is 2.29. The fraction of sp³-hybridized carbons (Fsp3) is 0.0952. The number of halogens is 1. The van der Waals surface area contributed by atoms with Crippen LogP contribution in [0.3, 0.4) is 0 Å². The highest BCUT2D eigenvalue weighted by Crippen LogP contribution is 2.30. The number of rotatable bonds is 4. The SMILES string of the molecule is O=C(NCc1ccccc1Cl)c1ccc(C2Nc3ccccc3S(=O)(=O)N2)cc1. The number of hydrogen-bond donors (Lipinski definition) is 3. The van der Waals surface area contributed by atoms with Crippen molar-refractivity contribution in [2.75, 3.05) is 5.32 Å². The lowest BCUT2D eigenvalue weighted by Gasteiger charge is -2.28. The summed E-state index contributed by atoms with van der Waals surface area (Å²) in [5, 5.41) is 6.59. The zero-order valence-corrected chi connectivity index (χ0v) is 16.8. The Bertz CT molecular complexity index is 1160. The number of amides is 1. The Balaban J connectivity index is 1.47. The van der Waals surface area contributed by atoms with Gasteiger partial charge in [-0.05, 0) is 41.5 Å². The number of nitrogens with one attached hydrogen (secondary N) is 3. The van der Waals surface area contributed by atoms with E-state index >= 15 is 0 Å². The Morgan fingerprint density at radius 2 is 1.66 bits per heavy atom. The third-order valence-electron chi connectivity index (χ3n) is 4.65. The molecular formula is C21H18ClN3O3S. The molecule has 0 bridgehead atoms. The van der Waals surface area contributed by atoms with Gasteiger partial charge in [-0.3, -0.25) is 4.79 Å². The minimum atomic E-state index is -3.61. The second-order valence-corrected chi connectivity index (χ2v) is 8.68. The quantitative estimate of drug-likeness (QED) is 0.592. The lowest BCUT2D eigenvalue weighted by Crippen LogP contribution is -2.38. The summed E-state index contributed by atoms with van der Waals surface area (Å²) >= 11 is 6.11. The van der Waals surface area contributed by atoms with Gasteiger partial charge in [-0.15, -0.1) is 0 Å². The van der Waals surface area contributed by atoms with Crippen LogP contribution in [0, 0.1) is 0 Å². The number of anilines is 1. The molecule has 0 fully saturated rings. The van der Waals surface area contributed by atoms with Crippen molar-refractivity contribution in [2.24, 2.45) is 0 Å². The molecule has 0 saturated carbocycles. The normalized spacial score (nSPS) is 17.1. The van der Waals surface area contributed by atoms with Crippen molar-refractivity contribution < 1.29 is 13.2 Å². The first-order chi connectivity index (χ1) is 13.9. The number of fused-ring (bicyclic) bond motifs is 1. The fourth-order valence-corrected chi connectivity index (χ4v) is 4.63. The molecule has 3 aromatic carbocycles. The van der Waals surface area contributed by atoms with Crippen LogP contribution in [0.1, 0.15) is 27.7 Å². The number of carbonyl (C=O) groups is 1. The molecule has 1 atom stereocenters. The Morgan fingerprint density at radius 1 is 0.966 bits per heavy atom. The van der Waals surface area contributed by atoms with Gasteiger partial charge in [0.2, 0.25) is 10.0 Å². The van der Waals surface area contributed by atoms with E-state index in [9.17, 15) is 13.2 Å². The molecule has 0 aromatic heterocycles. The molecule has 0 radical (unpaired) electrons. The molecule has 3 N–H and O–H groups in total. The average Bonchev–Trinajstić information content (AvgIpc) is 2.72. The molecule has 0 aliphatic carbocycles. The summed E-state index contributed by atoms with van der Waals surface area (Å²) in [4.78, 5) is 12.6. The van der Waals surface area contributed by atoms with Crippen LogP contribution in [0.4, 0.5) is 5.69 Å². The van der Waals surface area contributed by atoms with E-state index in [0.717, 1.165) is 5.56 Å². The van der Waals surface area contributed by atoms with Gasteiger partial charge in [0.25, 0.3) is 5.91 Å². The predicted octanol–water partition coefficient (Wildman–Crippen LogP) is 3.67.